The first kappa shape index (κ1) is 9.45. The lowest BCUT2D eigenvalue weighted by Gasteiger charge is -2.09. The zero-order chi connectivity index (χ0) is 10.1. The molecule has 0 heterocycles. The molecule has 2 rings (SSSR count). The van der Waals surface area contributed by atoms with Gasteiger partial charge in [0.15, 0.2) is 0 Å². The number of rotatable bonds is 2. The molecule has 0 saturated heterocycles. The minimum absolute atomic E-state index is 0.190. The van der Waals surface area contributed by atoms with Gasteiger partial charge in [-0.05, 0) is 30.9 Å². The quantitative estimate of drug-likeness (QED) is 0.697. The first-order valence-electron chi connectivity index (χ1n) is 5.34. The van der Waals surface area contributed by atoms with Gasteiger partial charge in [-0.1, -0.05) is 30.7 Å². The van der Waals surface area contributed by atoms with Crippen LogP contribution in [0.2, 0.25) is 0 Å². The van der Waals surface area contributed by atoms with Crippen molar-refractivity contribution < 1.29 is 4.79 Å². The highest BCUT2D eigenvalue weighted by Gasteiger charge is 2.26. The number of ketones is 1. The smallest absolute Gasteiger partial charge is 0.140 e. The van der Waals surface area contributed by atoms with Crippen molar-refractivity contribution in [1.29, 1.82) is 0 Å². The number of benzene rings is 1. The van der Waals surface area contributed by atoms with Gasteiger partial charge in [0.25, 0.3) is 0 Å². The van der Waals surface area contributed by atoms with Gasteiger partial charge in [-0.2, -0.15) is 0 Å². The lowest BCUT2D eigenvalue weighted by atomic mass is 9.94. The van der Waals surface area contributed by atoms with Gasteiger partial charge in [0.1, 0.15) is 5.78 Å². The predicted octanol–water partition coefficient (Wildman–Crippen LogP) is 3.00. The van der Waals surface area contributed by atoms with Crippen molar-refractivity contribution in [2.24, 2.45) is 0 Å². The Morgan fingerprint density at radius 1 is 1.50 bits per heavy atom. The molecule has 1 nitrogen and oxygen atoms in total. The molecule has 1 atom stereocenters. The molecule has 0 saturated carbocycles. The van der Waals surface area contributed by atoms with E-state index in [1.165, 1.54) is 16.7 Å². The highest BCUT2D eigenvalue weighted by Crippen LogP contribution is 2.34. The Labute approximate surface area is 85.1 Å². The second kappa shape index (κ2) is 3.56. The summed E-state index contributed by atoms with van der Waals surface area (Å²) in [7, 11) is 0. The largest absolute Gasteiger partial charge is 0.299 e. The predicted molar refractivity (Wildman–Crippen MR) is 57.5 cm³/mol. The van der Waals surface area contributed by atoms with Crippen LogP contribution >= 0.6 is 0 Å². The van der Waals surface area contributed by atoms with Crippen LogP contribution in [0.4, 0.5) is 0 Å². The Hall–Kier alpha value is -1.11. The summed E-state index contributed by atoms with van der Waals surface area (Å²) in [5.74, 6) is 0.587. The second-order valence-corrected chi connectivity index (χ2v) is 4.11. The SMILES string of the molecule is CCC(=O)C1CCc2ccc(C)cc21. The molecule has 1 unspecified atom stereocenters. The molecule has 0 amide bonds. The van der Waals surface area contributed by atoms with E-state index >= 15 is 0 Å². The maximum atomic E-state index is 11.7. The minimum atomic E-state index is 0.190. The Morgan fingerprint density at radius 2 is 2.29 bits per heavy atom. The highest BCUT2D eigenvalue weighted by molar-refractivity contribution is 5.86. The third kappa shape index (κ3) is 1.47. The Kier molecular flexibility index (Phi) is 2.40. The van der Waals surface area contributed by atoms with Gasteiger partial charge in [-0.25, -0.2) is 0 Å². The van der Waals surface area contributed by atoms with Crippen LogP contribution < -0.4 is 0 Å². The normalized spacial score (nSPS) is 19.4. The molecular weight excluding hydrogens is 172 g/mol. The highest BCUT2D eigenvalue weighted by atomic mass is 16.1. The van der Waals surface area contributed by atoms with Crippen LogP contribution in [-0.2, 0) is 11.2 Å². The molecule has 1 aromatic rings. The fourth-order valence-corrected chi connectivity index (χ4v) is 2.30. The lowest BCUT2D eigenvalue weighted by molar-refractivity contribution is -0.120. The molecule has 0 aromatic heterocycles. The third-order valence-electron chi connectivity index (χ3n) is 3.12. The molecule has 1 aliphatic carbocycles. The number of hydrogen-bond acceptors (Lipinski definition) is 1. The summed E-state index contributed by atoms with van der Waals surface area (Å²) in [6.45, 7) is 4.04. The van der Waals surface area contributed by atoms with Crippen molar-refractivity contribution in [2.75, 3.05) is 0 Å². The summed E-state index contributed by atoms with van der Waals surface area (Å²) < 4.78 is 0. The van der Waals surface area contributed by atoms with E-state index in [0.29, 0.717) is 12.2 Å². The van der Waals surface area contributed by atoms with Gasteiger partial charge in [0, 0.05) is 12.3 Å². The van der Waals surface area contributed by atoms with Crippen LogP contribution in [0.1, 0.15) is 42.4 Å². The molecule has 0 radical (unpaired) electrons. The molecule has 1 aliphatic rings. The fourth-order valence-electron chi connectivity index (χ4n) is 2.30. The number of fused-ring (bicyclic) bond motifs is 1. The second-order valence-electron chi connectivity index (χ2n) is 4.11. The van der Waals surface area contributed by atoms with E-state index in [4.69, 9.17) is 0 Å². The summed E-state index contributed by atoms with van der Waals surface area (Å²) in [6, 6.07) is 6.49. The van der Waals surface area contributed by atoms with E-state index in [1.54, 1.807) is 0 Å². The molecule has 74 valence electrons. The number of Topliss-reactive ketones (excluding diaryl/α,β-unsaturated/α-hetero) is 1. The Morgan fingerprint density at radius 3 is 3.00 bits per heavy atom. The molecule has 0 N–H and O–H groups in total. The molecule has 14 heavy (non-hydrogen) atoms. The molecule has 0 spiro atoms. The van der Waals surface area contributed by atoms with Gasteiger partial charge in [0.05, 0.1) is 0 Å². The topological polar surface area (TPSA) is 17.1 Å². The molecule has 0 fully saturated rings. The van der Waals surface area contributed by atoms with Gasteiger partial charge in [-0.3, -0.25) is 4.79 Å². The Balaban J connectivity index is 2.38. The first-order valence-corrected chi connectivity index (χ1v) is 5.34. The standard InChI is InChI=1S/C13H16O/c1-3-13(14)11-7-6-10-5-4-9(2)8-12(10)11/h4-5,8,11H,3,6-7H2,1-2H3. The summed E-state index contributed by atoms with van der Waals surface area (Å²) in [5, 5.41) is 0. The zero-order valence-electron chi connectivity index (χ0n) is 8.84. The van der Waals surface area contributed by atoms with Gasteiger partial charge in [-0.15, -0.1) is 0 Å². The van der Waals surface area contributed by atoms with Gasteiger partial charge >= 0.3 is 0 Å². The van der Waals surface area contributed by atoms with E-state index in [1.807, 2.05) is 6.92 Å². The monoisotopic (exact) mass is 188 g/mol. The van der Waals surface area contributed by atoms with Crippen LogP contribution in [0.5, 0.6) is 0 Å². The Bertz CT molecular complexity index is 365. The van der Waals surface area contributed by atoms with Crippen LogP contribution in [0, 0.1) is 6.92 Å². The van der Waals surface area contributed by atoms with Gasteiger partial charge in [0.2, 0.25) is 0 Å². The van der Waals surface area contributed by atoms with Crippen molar-refractivity contribution in [3.8, 4) is 0 Å². The average molecular weight is 188 g/mol. The van der Waals surface area contributed by atoms with E-state index < -0.39 is 0 Å². The van der Waals surface area contributed by atoms with E-state index in [-0.39, 0.29) is 5.92 Å². The number of carbonyl (C=O) groups excluding carboxylic acids is 1. The molecule has 1 heteroatoms. The number of aryl methyl sites for hydroxylation is 2. The maximum absolute atomic E-state index is 11.7. The average Bonchev–Trinajstić information content (AvgIpc) is 2.59. The van der Waals surface area contributed by atoms with E-state index in [2.05, 4.69) is 25.1 Å². The van der Waals surface area contributed by atoms with Crippen LogP contribution in [-0.4, -0.2) is 5.78 Å². The number of carbonyl (C=O) groups is 1. The van der Waals surface area contributed by atoms with Crippen LogP contribution in [0.15, 0.2) is 18.2 Å². The van der Waals surface area contributed by atoms with Crippen molar-refractivity contribution in [3.63, 3.8) is 0 Å². The van der Waals surface area contributed by atoms with Crippen molar-refractivity contribution in [3.05, 3.63) is 34.9 Å². The fraction of sp³-hybridized carbons (Fsp3) is 0.462. The molecule has 1 aromatic carbocycles. The van der Waals surface area contributed by atoms with Gasteiger partial charge < -0.3 is 0 Å². The van der Waals surface area contributed by atoms with Crippen molar-refractivity contribution >= 4 is 5.78 Å². The summed E-state index contributed by atoms with van der Waals surface area (Å²) in [6.07, 6.45) is 2.76. The minimum Gasteiger partial charge on any atom is -0.299 e. The molecule has 0 bridgehead atoms. The van der Waals surface area contributed by atoms with Crippen molar-refractivity contribution in [2.45, 2.75) is 39.0 Å². The van der Waals surface area contributed by atoms with Crippen molar-refractivity contribution in [1.82, 2.24) is 0 Å². The third-order valence-corrected chi connectivity index (χ3v) is 3.12. The maximum Gasteiger partial charge on any atom is 0.140 e. The lowest BCUT2D eigenvalue weighted by Crippen LogP contribution is -2.07. The zero-order valence-corrected chi connectivity index (χ0v) is 8.84. The van der Waals surface area contributed by atoms with Crippen LogP contribution in [0.3, 0.4) is 0 Å². The summed E-state index contributed by atoms with van der Waals surface area (Å²) in [4.78, 5) is 11.7. The first-order chi connectivity index (χ1) is 6.72. The molecule has 0 aliphatic heterocycles. The summed E-state index contributed by atoms with van der Waals surface area (Å²) >= 11 is 0. The van der Waals surface area contributed by atoms with E-state index in [0.717, 1.165) is 12.8 Å². The van der Waals surface area contributed by atoms with Crippen LogP contribution in [0.25, 0.3) is 0 Å². The van der Waals surface area contributed by atoms with E-state index in [9.17, 15) is 4.79 Å². The number of hydrogen-bond donors (Lipinski definition) is 0. The summed E-state index contributed by atoms with van der Waals surface area (Å²) in [5.41, 5.74) is 3.93. The molecular formula is C13H16O.